The van der Waals surface area contributed by atoms with E-state index in [0.29, 0.717) is 0 Å². The third-order valence-corrected chi connectivity index (χ3v) is 2.05. The fourth-order valence-corrected chi connectivity index (χ4v) is 1.12. The van der Waals surface area contributed by atoms with Gasteiger partial charge >= 0.3 is 0 Å². The van der Waals surface area contributed by atoms with E-state index < -0.39 is 0 Å². The molecule has 0 aliphatic rings. The van der Waals surface area contributed by atoms with E-state index in [4.69, 9.17) is 11.2 Å². The molecule has 0 aliphatic heterocycles. The van der Waals surface area contributed by atoms with Gasteiger partial charge in [0.15, 0.2) is 11.5 Å². The van der Waals surface area contributed by atoms with Gasteiger partial charge in [-0.25, -0.2) is 0 Å². The van der Waals surface area contributed by atoms with E-state index >= 15 is 0 Å². The Hall–Kier alpha value is -1.82. The zero-order chi connectivity index (χ0) is 10.7. The summed E-state index contributed by atoms with van der Waals surface area (Å²) in [5.41, 5.74) is 0.736. The van der Waals surface area contributed by atoms with Crippen LogP contribution in [0.3, 0.4) is 0 Å². The zero-order valence-electron chi connectivity index (χ0n) is 8.11. The Labute approximate surface area is 83.0 Å². The van der Waals surface area contributed by atoms with Crippen molar-refractivity contribution in [2.75, 3.05) is 7.11 Å². The average Bonchev–Trinajstić information content (AvgIpc) is 2.20. The molecule has 0 aliphatic carbocycles. The zero-order valence-corrected chi connectivity index (χ0v) is 8.11. The van der Waals surface area contributed by atoms with E-state index in [2.05, 4.69) is 5.92 Å². The van der Waals surface area contributed by atoms with Gasteiger partial charge in [0.25, 0.3) is 0 Å². The lowest BCUT2D eigenvalue weighted by Gasteiger charge is -2.10. The number of phenols is 2. The lowest BCUT2D eigenvalue weighted by atomic mass is 10.0. The molecule has 0 radical (unpaired) electrons. The van der Waals surface area contributed by atoms with E-state index in [0.717, 1.165) is 5.56 Å². The Morgan fingerprint density at radius 3 is 2.57 bits per heavy atom. The highest BCUT2D eigenvalue weighted by Gasteiger charge is 2.12. The van der Waals surface area contributed by atoms with Crippen LogP contribution in [-0.4, -0.2) is 17.3 Å². The van der Waals surface area contributed by atoms with Crippen molar-refractivity contribution < 1.29 is 14.9 Å². The van der Waals surface area contributed by atoms with E-state index in [1.807, 2.05) is 6.92 Å². The molecule has 0 saturated heterocycles. The number of phenolic OH excluding ortho intramolecular Hbond substituents is 2. The summed E-state index contributed by atoms with van der Waals surface area (Å²) >= 11 is 0. The molecule has 1 aromatic carbocycles. The van der Waals surface area contributed by atoms with Crippen molar-refractivity contribution in [2.45, 2.75) is 12.8 Å². The summed E-state index contributed by atoms with van der Waals surface area (Å²) in [5.74, 6) is 2.14. The normalized spacial score (nSPS) is 11.8. The summed E-state index contributed by atoms with van der Waals surface area (Å²) in [4.78, 5) is 0. The number of rotatable bonds is 2. The second-order valence-corrected chi connectivity index (χ2v) is 2.98. The van der Waals surface area contributed by atoms with Gasteiger partial charge in [-0.15, -0.1) is 6.42 Å². The summed E-state index contributed by atoms with van der Waals surface area (Å²) in [6, 6.07) is 3.04. The molecule has 0 aromatic heterocycles. The molecule has 2 N–H and O–H groups in total. The molecule has 0 fully saturated rings. The van der Waals surface area contributed by atoms with Crippen LogP contribution in [0.4, 0.5) is 0 Å². The monoisotopic (exact) mass is 192 g/mol. The lowest BCUT2D eigenvalue weighted by molar-refractivity contribution is 0.350. The highest BCUT2D eigenvalue weighted by atomic mass is 16.5. The number of benzene rings is 1. The summed E-state index contributed by atoms with van der Waals surface area (Å²) in [5, 5.41) is 18.7. The molecule has 1 rings (SSSR count). The van der Waals surface area contributed by atoms with Gasteiger partial charge in [0.1, 0.15) is 0 Å². The van der Waals surface area contributed by atoms with E-state index in [9.17, 15) is 10.2 Å². The minimum atomic E-state index is -0.263. The van der Waals surface area contributed by atoms with Gasteiger partial charge < -0.3 is 14.9 Å². The molecule has 1 unspecified atom stereocenters. The highest BCUT2D eigenvalue weighted by molar-refractivity contribution is 5.53. The Balaban J connectivity index is 3.24. The van der Waals surface area contributed by atoms with Gasteiger partial charge in [0.2, 0.25) is 5.75 Å². The second-order valence-electron chi connectivity index (χ2n) is 2.98. The molecule has 1 aromatic rings. The van der Waals surface area contributed by atoms with Crippen LogP contribution in [0.25, 0.3) is 0 Å². The fraction of sp³-hybridized carbons (Fsp3) is 0.273. The van der Waals surface area contributed by atoms with Gasteiger partial charge in [-0.1, -0.05) is 5.92 Å². The van der Waals surface area contributed by atoms with Gasteiger partial charge in [-0.2, -0.15) is 0 Å². The highest BCUT2D eigenvalue weighted by Crippen LogP contribution is 2.38. The molecule has 0 bridgehead atoms. The Bertz CT molecular complexity index is 377. The minimum Gasteiger partial charge on any atom is -0.504 e. The standard InChI is InChI=1S/C11H12O3/c1-4-7(2)8-5-9(12)11(13)10(6-8)14-3/h1,5-7,12-13H,2-3H3. The largest absolute Gasteiger partial charge is 0.504 e. The predicted octanol–water partition coefficient (Wildman–Crippen LogP) is 1.84. The number of methoxy groups -OCH3 is 1. The Morgan fingerprint density at radius 1 is 1.43 bits per heavy atom. The Morgan fingerprint density at radius 2 is 2.07 bits per heavy atom. The van der Waals surface area contributed by atoms with Crippen LogP contribution in [0.5, 0.6) is 17.2 Å². The summed E-state index contributed by atoms with van der Waals surface area (Å²) < 4.78 is 4.88. The maximum Gasteiger partial charge on any atom is 0.200 e. The van der Waals surface area contributed by atoms with Crippen LogP contribution in [-0.2, 0) is 0 Å². The van der Waals surface area contributed by atoms with Gasteiger partial charge in [0.05, 0.1) is 7.11 Å². The molecule has 1 atom stereocenters. The summed E-state index contributed by atoms with van der Waals surface area (Å²) in [6.07, 6.45) is 5.25. The quantitative estimate of drug-likeness (QED) is 0.555. The van der Waals surface area contributed by atoms with Crippen molar-refractivity contribution in [3.63, 3.8) is 0 Å². The van der Waals surface area contributed by atoms with Crippen LogP contribution < -0.4 is 4.74 Å². The SMILES string of the molecule is C#CC(C)c1cc(O)c(O)c(OC)c1. The van der Waals surface area contributed by atoms with Crippen molar-refractivity contribution in [3.05, 3.63) is 17.7 Å². The molecule has 14 heavy (non-hydrogen) atoms. The number of ether oxygens (including phenoxy) is 1. The predicted molar refractivity (Wildman–Crippen MR) is 53.6 cm³/mol. The van der Waals surface area contributed by atoms with Crippen LogP contribution in [0.2, 0.25) is 0 Å². The van der Waals surface area contributed by atoms with Crippen molar-refractivity contribution >= 4 is 0 Å². The molecule has 0 heterocycles. The topological polar surface area (TPSA) is 49.7 Å². The van der Waals surface area contributed by atoms with E-state index in [-0.39, 0.29) is 23.2 Å². The van der Waals surface area contributed by atoms with Gasteiger partial charge in [-0.05, 0) is 24.6 Å². The van der Waals surface area contributed by atoms with Crippen LogP contribution in [0, 0.1) is 12.3 Å². The van der Waals surface area contributed by atoms with Crippen molar-refractivity contribution in [1.29, 1.82) is 0 Å². The van der Waals surface area contributed by atoms with Crippen LogP contribution in [0.15, 0.2) is 12.1 Å². The van der Waals surface area contributed by atoms with Crippen LogP contribution in [0.1, 0.15) is 18.4 Å². The molecule has 0 spiro atoms. The third-order valence-electron chi connectivity index (χ3n) is 2.05. The molecular weight excluding hydrogens is 180 g/mol. The van der Waals surface area contributed by atoms with Crippen LogP contribution >= 0.6 is 0 Å². The molecule has 3 heteroatoms. The molecule has 0 amide bonds. The Kier molecular flexibility index (Phi) is 2.88. The van der Waals surface area contributed by atoms with Gasteiger partial charge in [0, 0.05) is 5.92 Å². The fourth-order valence-electron chi connectivity index (χ4n) is 1.12. The second kappa shape index (κ2) is 3.93. The third kappa shape index (κ3) is 1.74. The first-order chi connectivity index (χ1) is 6.60. The summed E-state index contributed by atoms with van der Waals surface area (Å²) in [6.45, 7) is 1.82. The number of hydrogen-bond donors (Lipinski definition) is 2. The number of terminal acetylenes is 1. The van der Waals surface area contributed by atoms with E-state index in [1.54, 1.807) is 6.07 Å². The first-order valence-corrected chi connectivity index (χ1v) is 4.16. The van der Waals surface area contributed by atoms with Crippen molar-refractivity contribution in [1.82, 2.24) is 0 Å². The molecule has 0 saturated carbocycles. The first-order valence-electron chi connectivity index (χ1n) is 4.16. The molecular formula is C11H12O3. The van der Waals surface area contributed by atoms with Crippen molar-refractivity contribution in [2.24, 2.45) is 0 Å². The number of aromatic hydroxyl groups is 2. The first kappa shape index (κ1) is 10.3. The summed E-state index contributed by atoms with van der Waals surface area (Å²) in [7, 11) is 1.42. The van der Waals surface area contributed by atoms with Gasteiger partial charge in [-0.3, -0.25) is 0 Å². The lowest BCUT2D eigenvalue weighted by Crippen LogP contribution is -1.92. The smallest absolute Gasteiger partial charge is 0.200 e. The maximum absolute atomic E-state index is 9.36. The average molecular weight is 192 g/mol. The molecule has 3 nitrogen and oxygen atoms in total. The van der Waals surface area contributed by atoms with E-state index in [1.165, 1.54) is 13.2 Å². The van der Waals surface area contributed by atoms with Crippen molar-refractivity contribution in [3.8, 4) is 29.6 Å². The minimum absolute atomic E-state index is 0.129. The molecule has 74 valence electrons. The maximum atomic E-state index is 9.36. The number of hydrogen-bond acceptors (Lipinski definition) is 3.